The van der Waals surface area contributed by atoms with Crippen LogP contribution >= 0.6 is 0 Å². The summed E-state index contributed by atoms with van der Waals surface area (Å²) in [6, 6.07) is 13.9. The second-order valence-corrected chi connectivity index (χ2v) is 5.68. The van der Waals surface area contributed by atoms with Gasteiger partial charge in [-0.15, -0.1) is 0 Å². The Morgan fingerprint density at radius 3 is 2.62 bits per heavy atom. The molecule has 0 amide bonds. The van der Waals surface area contributed by atoms with Gasteiger partial charge < -0.3 is 14.6 Å². The van der Waals surface area contributed by atoms with E-state index in [2.05, 4.69) is 12.1 Å². The van der Waals surface area contributed by atoms with Crippen LogP contribution in [-0.4, -0.2) is 18.8 Å². The summed E-state index contributed by atoms with van der Waals surface area (Å²) in [6.45, 7) is 2.42. The summed E-state index contributed by atoms with van der Waals surface area (Å²) >= 11 is 0. The third-order valence-electron chi connectivity index (χ3n) is 4.30. The Labute approximate surface area is 139 Å². The Morgan fingerprint density at radius 1 is 1.00 bits per heavy atom. The van der Waals surface area contributed by atoms with Crippen LogP contribution in [0.3, 0.4) is 0 Å². The third kappa shape index (κ3) is 2.19. The number of ether oxygens (including phenoxy) is 2. The van der Waals surface area contributed by atoms with Gasteiger partial charge in [-0.05, 0) is 42.0 Å². The first-order valence-electron chi connectivity index (χ1n) is 7.91. The molecule has 0 fully saturated rings. The molecule has 24 heavy (non-hydrogen) atoms. The van der Waals surface area contributed by atoms with Crippen LogP contribution in [0, 0.1) is 0 Å². The van der Waals surface area contributed by atoms with Crippen molar-refractivity contribution in [3.63, 3.8) is 0 Å². The van der Waals surface area contributed by atoms with E-state index in [4.69, 9.17) is 9.47 Å². The lowest BCUT2D eigenvalue weighted by molar-refractivity contribution is -0.509. The van der Waals surface area contributed by atoms with Gasteiger partial charge in [0.1, 0.15) is 5.75 Å². The highest BCUT2D eigenvalue weighted by Gasteiger charge is 2.15. The summed E-state index contributed by atoms with van der Waals surface area (Å²) in [7, 11) is 1.67. The summed E-state index contributed by atoms with van der Waals surface area (Å²) in [5, 5.41) is 14.5. The summed E-state index contributed by atoms with van der Waals surface area (Å²) in [6.07, 6.45) is 3.93. The molecule has 0 atom stereocenters. The highest BCUT2D eigenvalue weighted by molar-refractivity contribution is 5.99. The van der Waals surface area contributed by atoms with Crippen LogP contribution < -0.4 is 13.9 Å². The molecule has 2 aromatic carbocycles. The van der Waals surface area contributed by atoms with Crippen LogP contribution in [0.25, 0.3) is 27.1 Å². The summed E-state index contributed by atoms with van der Waals surface area (Å²) in [5.74, 6) is 1.51. The maximum absolute atomic E-state index is 10.5. The third-order valence-corrected chi connectivity index (χ3v) is 4.30. The number of hydrogen-bond donors (Lipinski definition) is 1. The van der Waals surface area contributed by atoms with Crippen molar-refractivity contribution in [2.75, 3.05) is 13.7 Å². The highest BCUT2D eigenvalue weighted by Crippen LogP contribution is 2.35. The first-order chi connectivity index (χ1) is 11.7. The number of phenols is 1. The van der Waals surface area contributed by atoms with E-state index < -0.39 is 0 Å². The molecule has 0 unspecified atom stereocenters. The van der Waals surface area contributed by atoms with Crippen LogP contribution in [0.4, 0.5) is 0 Å². The summed E-state index contributed by atoms with van der Waals surface area (Å²) in [5.41, 5.74) is 1.06. The van der Waals surface area contributed by atoms with Crippen LogP contribution in [0.5, 0.6) is 17.2 Å². The minimum Gasteiger partial charge on any atom is -0.504 e. The number of methoxy groups -OCH3 is 1. The van der Waals surface area contributed by atoms with Gasteiger partial charge in [-0.2, -0.15) is 4.40 Å². The number of benzene rings is 2. The molecule has 120 valence electrons. The van der Waals surface area contributed by atoms with Gasteiger partial charge in [-0.1, -0.05) is 6.07 Å². The minimum absolute atomic E-state index is 0.175. The first-order valence-corrected chi connectivity index (χ1v) is 7.91. The maximum atomic E-state index is 10.5. The van der Waals surface area contributed by atoms with Crippen LogP contribution in [0.1, 0.15) is 6.92 Å². The van der Waals surface area contributed by atoms with Gasteiger partial charge in [-0.3, -0.25) is 0 Å². The van der Waals surface area contributed by atoms with Crippen molar-refractivity contribution in [3.8, 4) is 17.2 Å². The first kappa shape index (κ1) is 14.6. The van der Waals surface area contributed by atoms with Crippen LogP contribution in [-0.2, 0) is 0 Å². The fourth-order valence-electron chi connectivity index (χ4n) is 3.10. The topological polar surface area (TPSA) is 42.8 Å². The smallest absolute Gasteiger partial charge is 0.219 e. The molecule has 1 N–H and O–H groups in total. The van der Waals surface area contributed by atoms with Crippen molar-refractivity contribution in [1.82, 2.24) is 0 Å². The predicted octanol–water partition coefficient (Wildman–Crippen LogP) is 3.84. The van der Waals surface area contributed by atoms with Gasteiger partial charge in [0, 0.05) is 12.1 Å². The molecular formula is C20H18NO3+. The monoisotopic (exact) mass is 320 g/mol. The van der Waals surface area contributed by atoms with Crippen LogP contribution in [0.15, 0.2) is 54.9 Å². The van der Waals surface area contributed by atoms with Crippen molar-refractivity contribution in [3.05, 3.63) is 54.9 Å². The van der Waals surface area contributed by atoms with Gasteiger partial charge in [0.05, 0.1) is 24.5 Å². The van der Waals surface area contributed by atoms with Crippen molar-refractivity contribution < 1.29 is 19.0 Å². The number of hydrogen-bond acceptors (Lipinski definition) is 3. The van der Waals surface area contributed by atoms with Crippen molar-refractivity contribution >= 4 is 27.1 Å². The molecule has 0 saturated carbocycles. The largest absolute Gasteiger partial charge is 0.504 e. The molecule has 0 aliphatic rings. The molecule has 0 saturated heterocycles. The lowest BCUT2D eigenvalue weighted by Crippen LogP contribution is -2.20. The Balaban J connectivity index is 2.06. The van der Waals surface area contributed by atoms with E-state index in [9.17, 15) is 5.11 Å². The molecule has 4 nitrogen and oxygen atoms in total. The lowest BCUT2D eigenvalue weighted by Gasteiger charge is -2.08. The zero-order valence-electron chi connectivity index (χ0n) is 13.6. The molecule has 0 bridgehead atoms. The number of pyridine rings is 2. The van der Waals surface area contributed by atoms with Crippen molar-refractivity contribution in [2.24, 2.45) is 0 Å². The average molecular weight is 320 g/mol. The fraction of sp³-hybridized carbons (Fsp3) is 0.150. The SMILES string of the molecule is CCOc1ccc2cc3c4cc(OC)ccc4cc[n+]3cc2c1O. The van der Waals surface area contributed by atoms with Crippen molar-refractivity contribution in [2.45, 2.75) is 6.92 Å². The lowest BCUT2D eigenvalue weighted by atomic mass is 10.1. The molecule has 2 heterocycles. The molecule has 0 radical (unpaired) electrons. The minimum atomic E-state index is 0.175. The van der Waals surface area contributed by atoms with Crippen LogP contribution in [0.2, 0.25) is 0 Å². The Hall–Kier alpha value is -3.01. The number of aromatic nitrogens is 1. The molecule has 4 aromatic rings. The number of phenolic OH excluding ortho intramolecular Hbond substituents is 1. The number of rotatable bonds is 3. The second kappa shape index (κ2) is 5.57. The van der Waals surface area contributed by atoms with E-state index in [1.807, 2.05) is 54.0 Å². The highest BCUT2D eigenvalue weighted by atomic mass is 16.5. The quantitative estimate of drug-likeness (QED) is 0.354. The van der Waals surface area contributed by atoms with E-state index in [1.54, 1.807) is 7.11 Å². The maximum Gasteiger partial charge on any atom is 0.219 e. The molecule has 0 spiro atoms. The molecular weight excluding hydrogens is 302 g/mol. The molecule has 4 heteroatoms. The number of aromatic hydroxyl groups is 1. The van der Waals surface area contributed by atoms with E-state index >= 15 is 0 Å². The normalized spacial score (nSPS) is 11.2. The van der Waals surface area contributed by atoms with Gasteiger partial charge in [0.25, 0.3) is 0 Å². The Kier molecular flexibility index (Phi) is 3.38. The molecule has 4 rings (SSSR count). The zero-order chi connectivity index (χ0) is 16.7. The van der Waals surface area contributed by atoms with Gasteiger partial charge >= 0.3 is 0 Å². The molecule has 2 aromatic heterocycles. The number of fused-ring (bicyclic) bond motifs is 4. The second-order valence-electron chi connectivity index (χ2n) is 5.68. The average Bonchev–Trinajstić information content (AvgIpc) is 2.62. The predicted molar refractivity (Wildman–Crippen MR) is 94.0 cm³/mol. The molecule has 0 aliphatic carbocycles. The zero-order valence-corrected chi connectivity index (χ0v) is 13.6. The Morgan fingerprint density at radius 2 is 1.83 bits per heavy atom. The summed E-state index contributed by atoms with van der Waals surface area (Å²) in [4.78, 5) is 0. The van der Waals surface area contributed by atoms with Gasteiger partial charge in [0.2, 0.25) is 5.52 Å². The van der Waals surface area contributed by atoms with E-state index in [0.29, 0.717) is 12.4 Å². The van der Waals surface area contributed by atoms with E-state index in [1.165, 1.54) is 0 Å². The van der Waals surface area contributed by atoms with E-state index in [0.717, 1.165) is 32.8 Å². The molecule has 0 aliphatic heterocycles. The van der Waals surface area contributed by atoms with Crippen molar-refractivity contribution in [1.29, 1.82) is 0 Å². The van der Waals surface area contributed by atoms with Gasteiger partial charge in [-0.25, -0.2) is 0 Å². The van der Waals surface area contributed by atoms with Gasteiger partial charge in [0.15, 0.2) is 23.9 Å². The number of nitrogens with zero attached hydrogens (tertiary/aromatic N) is 1. The standard InChI is InChI=1S/C20H17NO3/c1-3-24-19-7-5-14-10-18-16-11-15(23-2)6-4-13(16)8-9-21(18)12-17(14)20(19)22/h4-12H,3H2,1-2H3/p+1. The summed E-state index contributed by atoms with van der Waals surface area (Å²) < 4.78 is 12.8. The Bertz CT molecular complexity index is 1070. The fourth-order valence-corrected chi connectivity index (χ4v) is 3.10. The van der Waals surface area contributed by atoms with E-state index in [-0.39, 0.29) is 5.75 Å².